The Labute approximate surface area is 134 Å². The van der Waals surface area contributed by atoms with E-state index >= 15 is 0 Å². The molecule has 1 N–H and O–H groups in total. The molecule has 0 aliphatic carbocycles. The van der Waals surface area contributed by atoms with Crippen molar-refractivity contribution < 1.29 is 14.4 Å². The van der Waals surface area contributed by atoms with Gasteiger partial charge in [-0.3, -0.25) is 19.3 Å². The van der Waals surface area contributed by atoms with E-state index in [1.807, 2.05) is 60.7 Å². The molecule has 3 rings (SSSR count). The lowest BCUT2D eigenvalue weighted by atomic mass is 10.2. The van der Waals surface area contributed by atoms with E-state index in [2.05, 4.69) is 5.48 Å². The number of carbonyl (C=O) groups excluding carboxylic acids is 2. The molecule has 5 nitrogen and oxygen atoms in total. The molecule has 2 aromatic rings. The summed E-state index contributed by atoms with van der Waals surface area (Å²) >= 11 is 0. The second-order valence-electron chi connectivity index (χ2n) is 5.45. The average Bonchev–Trinajstić information content (AvgIpc) is 2.85. The standard InChI is InChI=1S/C18H18N2O3/c21-17-11-16(19-23-13-15-9-5-2-6-10-15)18(22)20(17)12-14-7-3-1-4-8-14/h1-10,16,19H,11-13H2. The van der Waals surface area contributed by atoms with Crippen molar-refractivity contribution in [2.24, 2.45) is 0 Å². The third kappa shape index (κ3) is 3.83. The number of nitrogens with one attached hydrogen (secondary N) is 1. The Kier molecular flexibility index (Phi) is 4.80. The number of hydrogen-bond donors (Lipinski definition) is 1. The summed E-state index contributed by atoms with van der Waals surface area (Å²) < 4.78 is 0. The highest BCUT2D eigenvalue weighted by molar-refractivity contribution is 6.05. The van der Waals surface area contributed by atoms with Gasteiger partial charge in [-0.05, 0) is 11.1 Å². The van der Waals surface area contributed by atoms with Gasteiger partial charge in [-0.15, -0.1) is 0 Å². The van der Waals surface area contributed by atoms with Crippen molar-refractivity contribution in [3.05, 3.63) is 71.8 Å². The van der Waals surface area contributed by atoms with Crippen LogP contribution < -0.4 is 5.48 Å². The number of hydrogen-bond acceptors (Lipinski definition) is 4. The van der Waals surface area contributed by atoms with Crippen LogP contribution in [0.2, 0.25) is 0 Å². The molecule has 1 unspecified atom stereocenters. The van der Waals surface area contributed by atoms with Gasteiger partial charge in [0.2, 0.25) is 11.8 Å². The summed E-state index contributed by atoms with van der Waals surface area (Å²) in [6.45, 7) is 0.646. The molecule has 0 bridgehead atoms. The van der Waals surface area contributed by atoms with Gasteiger partial charge in [0.05, 0.1) is 19.6 Å². The van der Waals surface area contributed by atoms with E-state index in [-0.39, 0.29) is 18.2 Å². The molecule has 2 amide bonds. The maximum Gasteiger partial charge on any atom is 0.249 e. The monoisotopic (exact) mass is 310 g/mol. The molecule has 0 saturated carbocycles. The first kappa shape index (κ1) is 15.4. The largest absolute Gasteiger partial charge is 0.296 e. The van der Waals surface area contributed by atoms with Gasteiger partial charge >= 0.3 is 0 Å². The number of likely N-dealkylation sites (tertiary alicyclic amines) is 1. The van der Waals surface area contributed by atoms with Crippen LogP contribution in [0.1, 0.15) is 17.5 Å². The molecule has 0 aromatic heterocycles. The van der Waals surface area contributed by atoms with Crippen molar-refractivity contribution in [1.29, 1.82) is 0 Å². The fourth-order valence-corrected chi connectivity index (χ4v) is 2.51. The van der Waals surface area contributed by atoms with Crippen LogP contribution in [0.3, 0.4) is 0 Å². The molecular weight excluding hydrogens is 292 g/mol. The molecular formula is C18H18N2O3. The Bertz CT molecular complexity index is 673. The predicted molar refractivity (Wildman–Crippen MR) is 84.8 cm³/mol. The van der Waals surface area contributed by atoms with E-state index in [0.717, 1.165) is 11.1 Å². The summed E-state index contributed by atoms with van der Waals surface area (Å²) in [6.07, 6.45) is 0.125. The summed E-state index contributed by atoms with van der Waals surface area (Å²) in [7, 11) is 0. The highest BCUT2D eigenvalue weighted by Gasteiger charge is 2.38. The molecule has 1 fully saturated rings. The number of nitrogens with zero attached hydrogens (tertiary/aromatic N) is 1. The van der Waals surface area contributed by atoms with Crippen LogP contribution in [0.25, 0.3) is 0 Å². The van der Waals surface area contributed by atoms with Crippen molar-refractivity contribution in [1.82, 2.24) is 10.4 Å². The van der Waals surface area contributed by atoms with Gasteiger partial charge in [0.15, 0.2) is 0 Å². The number of amides is 2. The molecule has 118 valence electrons. The molecule has 1 heterocycles. The first-order valence-electron chi connectivity index (χ1n) is 7.53. The SMILES string of the molecule is O=C1CC(NOCc2ccccc2)C(=O)N1Cc1ccccc1. The lowest BCUT2D eigenvalue weighted by Gasteiger charge is -2.15. The Morgan fingerprint density at radius 1 is 0.957 bits per heavy atom. The number of rotatable bonds is 6. The third-order valence-electron chi connectivity index (χ3n) is 3.73. The summed E-state index contributed by atoms with van der Waals surface area (Å²) in [6, 6.07) is 18.5. The van der Waals surface area contributed by atoms with Crippen molar-refractivity contribution in [3.63, 3.8) is 0 Å². The van der Waals surface area contributed by atoms with Crippen LogP contribution in [0.4, 0.5) is 0 Å². The maximum atomic E-state index is 12.3. The zero-order valence-corrected chi connectivity index (χ0v) is 12.6. The molecule has 0 radical (unpaired) electrons. The molecule has 1 aliphatic rings. The predicted octanol–water partition coefficient (Wildman–Crippen LogP) is 2.04. The lowest BCUT2D eigenvalue weighted by molar-refractivity contribution is -0.140. The molecule has 0 spiro atoms. The van der Waals surface area contributed by atoms with Crippen molar-refractivity contribution >= 4 is 11.8 Å². The Morgan fingerprint density at radius 3 is 2.22 bits per heavy atom. The number of hydroxylamine groups is 1. The quantitative estimate of drug-likeness (QED) is 0.655. The molecule has 1 aliphatic heterocycles. The first-order chi connectivity index (χ1) is 11.2. The summed E-state index contributed by atoms with van der Waals surface area (Å²) in [4.78, 5) is 31.0. The van der Waals surface area contributed by atoms with E-state index in [4.69, 9.17) is 4.84 Å². The number of carbonyl (C=O) groups is 2. The molecule has 2 aromatic carbocycles. The molecule has 23 heavy (non-hydrogen) atoms. The van der Waals surface area contributed by atoms with Crippen LogP contribution >= 0.6 is 0 Å². The zero-order valence-electron chi connectivity index (χ0n) is 12.6. The van der Waals surface area contributed by atoms with Crippen LogP contribution in [0.5, 0.6) is 0 Å². The van der Waals surface area contributed by atoms with E-state index in [1.165, 1.54) is 4.90 Å². The van der Waals surface area contributed by atoms with Crippen LogP contribution in [0.15, 0.2) is 60.7 Å². The smallest absolute Gasteiger partial charge is 0.249 e. The van der Waals surface area contributed by atoms with E-state index in [9.17, 15) is 9.59 Å². The van der Waals surface area contributed by atoms with Gasteiger partial charge in [-0.2, -0.15) is 5.48 Å². The maximum absolute atomic E-state index is 12.3. The van der Waals surface area contributed by atoms with Crippen molar-refractivity contribution in [3.8, 4) is 0 Å². The first-order valence-corrected chi connectivity index (χ1v) is 7.53. The molecule has 1 atom stereocenters. The van der Waals surface area contributed by atoms with Gasteiger partial charge in [0.25, 0.3) is 0 Å². The highest BCUT2D eigenvalue weighted by Crippen LogP contribution is 2.17. The van der Waals surface area contributed by atoms with E-state index < -0.39 is 6.04 Å². The minimum atomic E-state index is -0.616. The fourth-order valence-electron chi connectivity index (χ4n) is 2.51. The summed E-state index contributed by atoms with van der Waals surface area (Å²) in [5.41, 5.74) is 4.64. The zero-order chi connectivity index (χ0) is 16.1. The molecule has 5 heteroatoms. The summed E-state index contributed by atoms with van der Waals surface area (Å²) in [5.74, 6) is -0.424. The van der Waals surface area contributed by atoms with Gasteiger partial charge in [-0.1, -0.05) is 60.7 Å². The second-order valence-corrected chi connectivity index (χ2v) is 5.45. The van der Waals surface area contributed by atoms with Crippen molar-refractivity contribution in [2.45, 2.75) is 25.6 Å². The van der Waals surface area contributed by atoms with Gasteiger partial charge in [-0.25, -0.2) is 0 Å². The number of benzene rings is 2. The topological polar surface area (TPSA) is 58.6 Å². The van der Waals surface area contributed by atoms with E-state index in [0.29, 0.717) is 13.2 Å². The van der Waals surface area contributed by atoms with Gasteiger partial charge < -0.3 is 0 Å². The second kappa shape index (κ2) is 7.17. The average molecular weight is 310 g/mol. The van der Waals surface area contributed by atoms with Gasteiger partial charge in [0.1, 0.15) is 6.04 Å². The van der Waals surface area contributed by atoms with Gasteiger partial charge in [0, 0.05) is 0 Å². The Hall–Kier alpha value is -2.50. The minimum absolute atomic E-state index is 0.125. The van der Waals surface area contributed by atoms with E-state index in [1.54, 1.807) is 0 Å². The number of imide groups is 1. The van der Waals surface area contributed by atoms with Crippen LogP contribution in [-0.4, -0.2) is 22.8 Å². The van der Waals surface area contributed by atoms with Crippen molar-refractivity contribution in [2.75, 3.05) is 0 Å². The highest BCUT2D eigenvalue weighted by atomic mass is 16.6. The molecule has 1 saturated heterocycles. The Balaban J connectivity index is 1.54. The van der Waals surface area contributed by atoms with Crippen LogP contribution in [0, 0.1) is 0 Å². The fraction of sp³-hybridized carbons (Fsp3) is 0.222. The normalized spacial score (nSPS) is 17.7. The minimum Gasteiger partial charge on any atom is -0.296 e. The lowest BCUT2D eigenvalue weighted by Crippen LogP contribution is -2.38. The third-order valence-corrected chi connectivity index (χ3v) is 3.73. The van der Waals surface area contributed by atoms with Crippen LogP contribution in [-0.2, 0) is 27.6 Å². The Morgan fingerprint density at radius 2 is 1.57 bits per heavy atom. The summed E-state index contributed by atoms with van der Waals surface area (Å²) in [5, 5.41) is 0.